The fourth-order valence-corrected chi connectivity index (χ4v) is 2.70. The molecular weight excluding hydrogens is 338 g/mol. The molecule has 132 valence electrons. The fraction of sp³-hybridized carbons (Fsp3) is 0.0526. The van der Waals surface area contributed by atoms with Gasteiger partial charge in [-0.3, -0.25) is 4.40 Å². The zero-order valence-corrected chi connectivity index (χ0v) is 13.8. The van der Waals surface area contributed by atoms with E-state index in [4.69, 9.17) is 10.5 Å². The maximum Gasteiger partial charge on any atom is 0.168 e. The molecule has 0 fully saturated rings. The van der Waals surface area contributed by atoms with Crippen molar-refractivity contribution in [2.24, 2.45) is 0 Å². The number of rotatable bonds is 3. The van der Waals surface area contributed by atoms with Crippen molar-refractivity contribution in [2.45, 2.75) is 6.92 Å². The molecule has 4 aromatic rings. The number of ether oxygens (including phenoxy) is 1. The van der Waals surface area contributed by atoms with E-state index in [1.165, 1.54) is 6.07 Å². The van der Waals surface area contributed by atoms with E-state index in [1.807, 2.05) is 29.7 Å². The third kappa shape index (κ3) is 2.83. The Morgan fingerprint density at radius 1 is 1.00 bits per heavy atom. The standard InChI is InChI=1S/C19H14F2N4O.H2/c1-11-23-24-19-7-2-12(10-25(11)19)15-9-14(22)4-6-17(15)26-18-5-3-13(20)8-16(18)21;/h2-10H,22H2,1H3;1H. The Kier molecular flexibility index (Phi) is 3.76. The molecule has 0 aliphatic heterocycles. The van der Waals surface area contributed by atoms with Crippen LogP contribution < -0.4 is 10.5 Å². The van der Waals surface area contributed by atoms with Gasteiger partial charge in [-0.05, 0) is 49.4 Å². The molecule has 2 heterocycles. The van der Waals surface area contributed by atoms with E-state index in [-0.39, 0.29) is 7.18 Å². The molecule has 0 atom stereocenters. The molecule has 0 aliphatic rings. The summed E-state index contributed by atoms with van der Waals surface area (Å²) < 4.78 is 34.6. The number of halogens is 2. The van der Waals surface area contributed by atoms with Crippen LogP contribution in [0, 0.1) is 18.6 Å². The van der Waals surface area contributed by atoms with Gasteiger partial charge in [0, 0.05) is 30.5 Å². The van der Waals surface area contributed by atoms with Gasteiger partial charge in [0.2, 0.25) is 0 Å². The number of nitrogens with zero attached hydrogens (tertiary/aromatic N) is 3. The van der Waals surface area contributed by atoms with Crippen molar-refractivity contribution < 1.29 is 14.9 Å². The normalized spacial score (nSPS) is 11.0. The van der Waals surface area contributed by atoms with Crippen molar-refractivity contribution in [2.75, 3.05) is 5.73 Å². The second-order valence-electron chi connectivity index (χ2n) is 5.83. The number of fused-ring (bicyclic) bond motifs is 1. The molecule has 0 saturated carbocycles. The van der Waals surface area contributed by atoms with Crippen LogP contribution in [0.5, 0.6) is 11.5 Å². The molecule has 0 unspecified atom stereocenters. The highest BCUT2D eigenvalue weighted by atomic mass is 19.1. The zero-order valence-electron chi connectivity index (χ0n) is 13.8. The molecule has 7 heteroatoms. The van der Waals surface area contributed by atoms with Crippen LogP contribution in [-0.4, -0.2) is 14.6 Å². The van der Waals surface area contributed by atoms with E-state index in [1.54, 1.807) is 18.2 Å². The predicted octanol–water partition coefficient (Wildman–Crippen LogP) is 4.60. The highest BCUT2D eigenvalue weighted by Gasteiger charge is 2.13. The van der Waals surface area contributed by atoms with E-state index in [0.29, 0.717) is 22.6 Å². The number of benzene rings is 2. The highest BCUT2D eigenvalue weighted by molar-refractivity contribution is 5.74. The predicted molar refractivity (Wildman–Crippen MR) is 96.1 cm³/mol. The average Bonchev–Trinajstić information content (AvgIpc) is 2.99. The number of nitrogen functional groups attached to an aromatic ring is 1. The summed E-state index contributed by atoms with van der Waals surface area (Å²) in [5.41, 5.74) is 8.63. The number of anilines is 1. The fourth-order valence-electron chi connectivity index (χ4n) is 2.70. The lowest BCUT2D eigenvalue weighted by Gasteiger charge is -2.13. The Balaban J connectivity index is 0.00000210. The van der Waals surface area contributed by atoms with Crippen LogP contribution >= 0.6 is 0 Å². The van der Waals surface area contributed by atoms with Crippen molar-refractivity contribution in [3.05, 3.63) is 72.2 Å². The Morgan fingerprint density at radius 2 is 1.81 bits per heavy atom. The van der Waals surface area contributed by atoms with Gasteiger partial charge in [0.15, 0.2) is 17.2 Å². The molecule has 2 N–H and O–H groups in total. The summed E-state index contributed by atoms with van der Waals surface area (Å²) in [4.78, 5) is 0. The monoisotopic (exact) mass is 354 g/mol. The summed E-state index contributed by atoms with van der Waals surface area (Å²) >= 11 is 0. The first-order valence-electron chi connectivity index (χ1n) is 7.85. The van der Waals surface area contributed by atoms with Gasteiger partial charge in [0.25, 0.3) is 0 Å². The van der Waals surface area contributed by atoms with Gasteiger partial charge < -0.3 is 10.5 Å². The lowest BCUT2D eigenvalue weighted by Crippen LogP contribution is -1.95. The quantitative estimate of drug-likeness (QED) is 0.546. The van der Waals surface area contributed by atoms with Gasteiger partial charge >= 0.3 is 0 Å². The lowest BCUT2D eigenvalue weighted by atomic mass is 10.1. The maximum absolute atomic E-state index is 14.0. The Bertz CT molecular complexity index is 1130. The summed E-state index contributed by atoms with van der Waals surface area (Å²) in [6, 6.07) is 11.9. The summed E-state index contributed by atoms with van der Waals surface area (Å²) in [6.07, 6.45) is 1.85. The SMILES string of the molecule is Cc1nnc2ccc(-c3cc(N)ccc3Oc3ccc(F)cc3F)cn12.[HH]. The van der Waals surface area contributed by atoms with Crippen molar-refractivity contribution in [3.63, 3.8) is 0 Å². The average molecular weight is 354 g/mol. The van der Waals surface area contributed by atoms with E-state index in [0.717, 1.165) is 23.5 Å². The minimum absolute atomic E-state index is 0. The molecule has 4 rings (SSSR count). The van der Waals surface area contributed by atoms with E-state index < -0.39 is 11.6 Å². The Labute approximate surface area is 149 Å². The van der Waals surface area contributed by atoms with E-state index in [2.05, 4.69) is 10.2 Å². The van der Waals surface area contributed by atoms with Crippen LogP contribution in [-0.2, 0) is 0 Å². The summed E-state index contributed by atoms with van der Waals surface area (Å²) in [5.74, 6) is -0.384. The molecule has 0 bridgehead atoms. The molecule has 0 spiro atoms. The van der Waals surface area contributed by atoms with E-state index in [9.17, 15) is 8.78 Å². The van der Waals surface area contributed by atoms with Gasteiger partial charge in [0.1, 0.15) is 17.4 Å². The van der Waals surface area contributed by atoms with Crippen molar-refractivity contribution in [1.29, 1.82) is 0 Å². The number of aromatic nitrogens is 3. The number of nitrogens with two attached hydrogens (primary N) is 1. The summed E-state index contributed by atoms with van der Waals surface area (Å²) in [5, 5.41) is 8.08. The molecule has 0 radical (unpaired) electrons. The second-order valence-corrected chi connectivity index (χ2v) is 5.83. The number of pyridine rings is 1. The van der Waals surface area contributed by atoms with Crippen LogP contribution in [0.15, 0.2) is 54.7 Å². The third-order valence-corrected chi connectivity index (χ3v) is 4.00. The molecule has 26 heavy (non-hydrogen) atoms. The number of hydrogen-bond donors (Lipinski definition) is 1. The maximum atomic E-state index is 14.0. The molecule has 2 aromatic carbocycles. The lowest BCUT2D eigenvalue weighted by molar-refractivity contribution is 0.439. The van der Waals surface area contributed by atoms with Crippen molar-refractivity contribution in [3.8, 4) is 22.6 Å². The Morgan fingerprint density at radius 3 is 2.62 bits per heavy atom. The molecule has 0 amide bonds. The molecular formula is C19H16F2N4O. The zero-order chi connectivity index (χ0) is 18.3. The van der Waals surface area contributed by atoms with Crippen LogP contribution in [0.2, 0.25) is 0 Å². The van der Waals surface area contributed by atoms with Gasteiger partial charge in [-0.15, -0.1) is 10.2 Å². The van der Waals surface area contributed by atoms with Crippen LogP contribution in [0.3, 0.4) is 0 Å². The topological polar surface area (TPSA) is 65.4 Å². The number of aryl methyl sites for hydroxylation is 1. The van der Waals surface area contributed by atoms with Gasteiger partial charge in [-0.25, -0.2) is 8.78 Å². The Hall–Kier alpha value is -3.48. The first-order valence-corrected chi connectivity index (χ1v) is 7.85. The number of hydrogen-bond acceptors (Lipinski definition) is 4. The third-order valence-electron chi connectivity index (χ3n) is 4.00. The van der Waals surface area contributed by atoms with Crippen LogP contribution in [0.4, 0.5) is 14.5 Å². The van der Waals surface area contributed by atoms with Gasteiger partial charge in [0.05, 0.1) is 0 Å². The molecule has 5 nitrogen and oxygen atoms in total. The van der Waals surface area contributed by atoms with Crippen molar-refractivity contribution in [1.82, 2.24) is 14.6 Å². The van der Waals surface area contributed by atoms with Crippen LogP contribution in [0.25, 0.3) is 16.8 Å². The molecule has 2 aromatic heterocycles. The smallest absolute Gasteiger partial charge is 0.168 e. The minimum atomic E-state index is -0.780. The molecule has 0 saturated heterocycles. The molecule has 0 aliphatic carbocycles. The van der Waals surface area contributed by atoms with Gasteiger partial charge in [-0.1, -0.05) is 0 Å². The summed E-state index contributed by atoms with van der Waals surface area (Å²) in [6.45, 7) is 1.84. The van der Waals surface area contributed by atoms with E-state index >= 15 is 0 Å². The largest absolute Gasteiger partial charge is 0.454 e. The highest BCUT2D eigenvalue weighted by Crippen LogP contribution is 2.36. The van der Waals surface area contributed by atoms with Crippen molar-refractivity contribution >= 4 is 11.3 Å². The van der Waals surface area contributed by atoms with Gasteiger partial charge in [-0.2, -0.15) is 0 Å². The first-order chi connectivity index (χ1) is 12.5. The minimum Gasteiger partial charge on any atom is -0.454 e. The first kappa shape index (κ1) is 16.0. The summed E-state index contributed by atoms with van der Waals surface area (Å²) in [7, 11) is 0. The second kappa shape index (κ2) is 6.11. The van der Waals surface area contributed by atoms with Crippen LogP contribution in [0.1, 0.15) is 7.25 Å².